The Bertz CT molecular complexity index is 650. The molecule has 112 valence electrons. The van der Waals surface area contributed by atoms with Crippen LogP contribution in [0.1, 0.15) is 20.9 Å². The Morgan fingerprint density at radius 2 is 1.50 bits per heavy atom. The second-order valence-electron chi connectivity index (χ2n) is 5.50. The summed E-state index contributed by atoms with van der Waals surface area (Å²) in [6, 6.07) is 19.3. The van der Waals surface area contributed by atoms with Crippen LogP contribution in [0.4, 0.5) is 0 Å². The fourth-order valence-corrected chi connectivity index (χ4v) is 3.48. The lowest BCUT2D eigenvalue weighted by Gasteiger charge is -2.22. The third-order valence-electron chi connectivity index (χ3n) is 3.58. The molecule has 0 spiro atoms. The molecular weight excluding hydrogens is 288 g/mol. The van der Waals surface area contributed by atoms with Gasteiger partial charge in [-0.3, -0.25) is 9.88 Å². The zero-order valence-electron chi connectivity index (χ0n) is 12.8. The van der Waals surface area contributed by atoms with Crippen LogP contribution in [-0.2, 0) is 19.6 Å². The number of pyridine rings is 1. The molecule has 0 saturated carbocycles. The second kappa shape index (κ2) is 7.34. The molecule has 3 heteroatoms. The minimum Gasteiger partial charge on any atom is -0.290 e. The minimum atomic E-state index is 0.939. The summed E-state index contributed by atoms with van der Waals surface area (Å²) in [7, 11) is 0. The summed E-state index contributed by atoms with van der Waals surface area (Å²) in [6.07, 6.45) is 3.73. The molecule has 0 unspecified atom stereocenters. The normalized spacial score (nSPS) is 11.0. The Morgan fingerprint density at radius 1 is 0.818 bits per heavy atom. The van der Waals surface area contributed by atoms with E-state index in [0.717, 1.165) is 19.6 Å². The monoisotopic (exact) mass is 308 g/mol. The lowest BCUT2D eigenvalue weighted by molar-refractivity contribution is 0.250. The van der Waals surface area contributed by atoms with Crippen molar-refractivity contribution in [3.05, 3.63) is 87.9 Å². The van der Waals surface area contributed by atoms with E-state index in [1.165, 1.54) is 20.9 Å². The maximum atomic E-state index is 4.11. The minimum absolute atomic E-state index is 0.939. The van der Waals surface area contributed by atoms with Gasteiger partial charge in [0.05, 0.1) is 0 Å². The standard InChI is InChI=1S/C19H20N2S/c1-16-7-8-19(22-16)15-21(13-17-5-3-2-4-6-17)14-18-9-11-20-12-10-18/h2-12H,13-15H2,1H3. The van der Waals surface area contributed by atoms with E-state index in [9.17, 15) is 0 Å². The summed E-state index contributed by atoms with van der Waals surface area (Å²) in [5.74, 6) is 0. The van der Waals surface area contributed by atoms with Crippen molar-refractivity contribution >= 4 is 11.3 Å². The van der Waals surface area contributed by atoms with E-state index >= 15 is 0 Å². The highest BCUT2D eigenvalue weighted by atomic mass is 32.1. The molecule has 0 amide bonds. The van der Waals surface area contributed by atoms with Gasteiger partial charge in [-0.05, 0) is 42.3 Å². The number of hydrogen-bond acceptors (Lipinski definition) is 3. The van der Waals surface area contributed by atoms with E-state index < -0.39 is 0 Å². The first kappa shape index (κ1) is 14.9. The molecule has 0 aliphatic rings. The molecule has 2 heterocycles. The molecule has 0 N–H and O–H groups in total. The van der Waals surface area contributed by atoms with E-state index in [2.05, 4.69) is 71.4 Å². The van der Waals surface area contributed by atoms with E-state index in [0.29, 0.717) is 0 Å². The van der Waals surface area contributed by atoms with Gasteiger partial charge in [0, 0.05) is 41.8 Å². The number of nitrogens with zero attached hydrogens (tertiary/aromatic N) is 2. The first-order valence-corrected chi connectivity index (χ1v) is 8.32. The Hall–Kier alpha value is -1.97. The number of aromatic nitrogens is 1. The Morgan fingerprint density at radius 3 is 2.14 bits per heavy atom. The second-order valence-corrected chi connectivity index (χ2v) is 6.87. The van der Waals surface area contributed by atoms with Crippen LogP contribution in [0, 0.1) is 6.92 Å². The molecule has 0 saturated heterocycles. The lowest BCUT2D eigenvalue weighted by atomic mass is 10.2. The summed E-state index contributed by atoms with van der Waals surface area (Å²) in [5.41, 5.74) is 2.66. The van der Waals surface area contributed by atoms with Gasteiger partial charge in [0.25, 0.3) is 0 Å². The van der Waals surface area contributed by atoms with Gasteiger partial charge >= 0.3 is 0 Å². The van der Waals surface area contributed by atoms with Crippen LogP contribution in [0.5, 0.6) is 0 Å². The van der Waals surface area contributed by atoms with Crippen molar-refractivity contribution in [1.29, 1.82) is 0 Å². The molecule has 2 aromatic heterocycles. The SMILES string of the molecule is Cc1ccc(CN(Cc2ccccc2)Cc2ccncc2)s1. The number of thiophene rings is 1. The lowest BCUT2D eigenvalue weighted by Crippen LogP contribution is -2.21. The summed E-state index contributed by atoms with van der Waals surface area (Å²) in [6.45, 7) is 5.04. The summed E-state index contributed by atoms with van der Waals surface area (Å²) < 4.78 is 0. The number of rotatable bonds is 6. The van der Waals surface area contributed by atoms with Crippen LogP contribution in [0.15, 0.2) is 67.0 Å². The summed E-state index contributed by atoms with van der Waals surface area (Å²) >= 11 is 1.88. The molecule has 0 bridgehead atoms. The molecular formula is C19H20N2S. The van der Waals surface area contributed by atoms with Crippen molar-refractivity contribution in [2.75, 3.05) is 0 Å². The van der Waals surface area contributed by atoms with Gasteiger partial charge < -0.3 is 0 Å². The van der Waals surface area contributed by atoms with Crippen LogP contribution in [0.25, 0.3) is 0 Å². The molecule has 0 aliphatic heterocycles. The summed E-state index contributed by atoms with van der Waals surface area (Å²) in [5, 5.41) is 0. The molecule has 1 aromatic carbocycles. The highest BCUT2D eigenvalue weighted by molar-refractivity contribution is 7.11. The van der Waals surface area contributed by atoms with E-state index in [1.807, 2.05) is 23.7 Å². The third-order valence-corrected chi connectivity index (χ3v) is 4.57. The quantitative estimate of drug-likeness (QED) is 0.659. The van der Waals surface area contributed by atoms with Crippen LogP contribution >= 0.6 is 11.3 Å². The largest absolute Gasteiger partial charge is 0.290 e. The maximum Gasteiger partial charge on any atom is 0.0335 e. The van der Waals surface area contributed by atoms with Crippen molar-refractivity contribution in [3.8, 4) is 0 Å². The van der Waals surface area contributed by atoms with Gasteiger partial charge in [-0.1, -0.05) is 30.3 Å². The average molecular weight is 308 g/mol. The van der Waals surface area contributed by atoms with Crippen LogP contribution in [0.3, 0.4) is 0 Å². The molecule has 0 aliphatic carbocycles. The van der Waals surface area contributed by atoms with Crippen LogP contribution in [0.2, 0.25) is 0 Å². The Kier molecular flexibility index (Phi) is 4.99. The molecule has 0 fully saturated rings. The highest BCUT2D eigenvalue weighted by Gasteiger charge is 2.09. The molecule has 0 radical (unpaired) electrons. The number of benzene rings is 1. The van der Waals surface area contributed by atoms with Crippen molar-refractivity contribution in [3.63, 3.8) is 0 Å². The van der Waals surface area contributed by atoms with Gasteiger partial charge in [-0.25, -0.2) is 0 Å². The maximum absolute atomic E-state index is 4.11. The molecule has 0 atom stereocenters. The van der Waals surface area contributed by atoms with Crippen molar-refractivity contribution < 1.29 is 0 Å². The molecule has 22 heavy (non-hydrogen) atoms. The number of aryl methyl sites for hydroxylation is 1. The van der Waals surface area contributed by atoms with Gasteiger partial charge in [0.1, 0.15) is 0 Å². The number of hydrogen-bond donors (Lipinski definition) is 0. The van der Waals surface area contributed by atoms with Gasteiger partial charge in [-0.2, -0.15) is 0 Å². The first-order chi connectivity index (χ1) is 10.8. The van der Waals surface area contributed by atoms with Crippen LogP contribution in [-0.4, -0.2) is 9.88 Å². The third kappa shape index (κ3) is 4.26. The van der Waals surface area contributed by atoms with E-state index in [1.54, 1.807) is 0 Å². The highest BCUT2D eigenvalue weighted by Crippen LogP contribution is 2.20. The first-order valence-electron chi connectivity index (χ1n) is 7.50. The average Bonchev–Trinajstić information content (AvgIpc) is 2.94. The molecule has 3 aromatic rings. The van der Waals surface area contributed by atoms with Gasteiger partial charge in [0.15, 0.2) is 0 Å². The predicted molar refractivity (Wildman–Crippen MR) is 92.7 cm³/mol. The Balaban J connectivity index is 1.75. The topological polar surface area (TPSA) is 16.1 Å². The summed E-state index contributed by atoms with van der Waals surface area (Å²) in [4.78, 5) is 9.38. The smallest absolute Gasteiger partial charge is 0.0335 e. The van der Waals surface area contributed by atoms with Crippen LogP contribution < -0.4 is 0 Å². The van der Waals surface area contributed by atoms with Gasteiger partial charge in [-0.15, -0.1) is 11.3 Å². The predicted octanol–water partition coefficient (Wildman–Crippen LogP) is 4.65. The zero-order valence-corrected chi connectivity index (χ0v) is 13.6. The molecule has 3 rings (SSSR count). The van der Waals surface area contributed by atoms with E-state index in [4.69, 9.17) is 0 Å². The Labute approximate surface area is 136 Å². The molecule has 2 nitrogen and oxygen atoms in total. The van der Waals surface area contributed by atoms with E-state index in [-0.39, 0.29) is 0 Å². The van der Waals surface area contributed by atoms with Gasteiger partial charge in [0.2, 0.25) is 0 Å². The van der Waals surface area contributed by atoms with Crippen molar-refractivity contribution in [2.45, 2.75) is 26.6 Å². The fourth-order valence-electron chi connectivity index (χ4n) is 2.55. The van der Waals surface area contributed by atoms with Crippen molar-refractivity contribution in [2.24, 2.45) is 0 Å². The fraction of sp³-hybridized carbons (Fsp3) is 0.211. The zero-order chi connectivity index (χ0) is 15.2. The van der Waals surface area contributed by atoms with Crippen molar-refractivity contribution in [1.82, 2.24) is 9.88 Å².